The molecule has 56 heavy (non-hydrogen) atoms. The molecule has 2 N–H and O–H groups in total. The highest BCUT2D eigenvalue weighted by atomic mass is 15.1. The SMILES string of the molecule is Cc1cc2c(cc1C)-c1nc-2nc2[nH]c(nc3nc(nc4[nH]c(n1)c1cc5c(C)c6ccccc6c(C)c5cc41)-c1cc(C)c(C)cc1-3)c1cc(C)c(C)cc21. The van der Waals surface area contributed by atoms with Crippen LogP contribution in [-0.4, -0.2) is 39.9 Å². The Morgan fingerprint density at radius 2 is 0.589 bits per heavy atom. The molecular weight excluding hydrogens is 689 g/mol. The van der Waals surface area contributed by atoms with Crippen molar-refractivity contribution in [3.63, 3.8) is 0 Å². The topological polar surface area (TPSA) is 109 Å². The standard InChI is InChI=1S/C48H38N8/c1-21-13-33-34(14-22(21)2)42-49-41(33)50-43-35-15-23(3)25(5)17-37(35)45(52-43)54-47-39-19-31-27(7)29-11-9-10-12-30(29)28(8)32(31)20-40(39)48(56-47)55-46-38-18-26(6)24(4)16-36(38)44(51-42)53-46/h9-20H,1-8H3,(H2,49,50,51,52,53,54,55,56). The summed E-state index contributed by atoms with van der Waals surface area (Å²) in [5.41, 5.74) is 16.1. The van der Waals surface area contributed by atoms with E-state index in [0.717, 1.165) is 43.8 Å². The molecule has 0 unspecified atom stereocenters. The van der Waals surface area contributed by atoms with Crippen LogP contribution in [-0.2, 0) is 0 Å². The molecule has 6 aromatic carbocycles. The molecule has 3 aromatic heterocycles. The molecule has 270 valence electrons. The maximum absolute atomic E-state index is 5.36. The predicted octanol–water partition coefficient (Wildman–Crippen LogP) is 11.6. The van der Waals surface area contributed by atoms with Gasteiger partial charge in [0.2, 0.25) is 0 Å². The highest BCUT2D eigenvalue weighted by Crippen LogP contribution is 2.41. The van der Waals surface area contributed by atoms with Crippen LogP contribution in [0.15, 0.2) is 72.8 Å². The van der Waals surface area contributed by atoms with Gasteiger partial charge in [-0.25, -0.2) is 29.9 Å². The Morgan fingerprint density at radius 1 is 0.304 bits per heavy atom. The molecule has 8 nitrogen and oxygen atoms in total. The molecule has 5 heterocycles. The van der Waals surface area contributed by atoms with E-state index in [4.69, 9.17) is 29.9 Å². The van der Waals surface area contributed by atoms with Crippen molar-refractivity contribution in [1.29, 1.82) is 0 Å². The highest BCUT2D eigenvalue weighted by Gasteiger charge is 2.24. The molecule has 0 fully saturated rings. The summed E-state index contributed by atoms with van der Waals surface area (Å²) in [6, 6.07) is 26.3. The van der Waals surface area contributed by atoms with Gasteiger partial charge in [0.25, 0.3) is 0 Å². The number of aromatic nitrogens is 8. The van der Waals surface area contributed by atoms with Gasteiger partial charge < -0.3 is 9.97 Å². The fourth-order valence-corrected chi connectivity index (χ4v) is 8.67. The zero-order valence-corrected chi connectivity index (χ0v) is 32.6. The third-order valence-electron chi connectivity index (χ3n) is 12.4. The van der Waals surface area contributed by atoms with Crippen molar-refractivity contribution in [2.75, 3.05) is 0 Å². The van der Waals surface area contributed by atoms with E-state index < -0.39 is 0 Å². The van der Waals surface area contributed by atoms with Gasteiger partial charge in [0.1, 0.15) is 22.6 Å². The molecule has 8 heteroatoms. The summed E-state index contributed by atoms with van der Waals surface area (Å²) in [6.45, 7) is 17.2. The van der Waals surface area contributed by atoms with Gasteiger partial charge in [-0.2, -0.15) is 0 Å². The minimum absolute atomic E-state index is 0.605. The van der Waals surface area contributed by atoms with Crippen LogP contribution in [0.1, 0.15) is 44.5 Å². The van der Waals surface area contributed by atoms with E-state index in [0.29, 0.717) is 45.9 Å². The Labute approximate surface area is 322 Å². The Kier molecular flexibility index (Phi) is 6.62. The molecule has 0 spiro atoms. The largest absolute Gasteiger partial charge is 0.324 e. The first-order valence-corrected chi connectivity index (χ1v) is 19.1. The Hall–Kier alpha value is -6.80. The van der Waals surface area contributed by atoms with E-state index in [9.17, 15) is 0 Å². The smallest absolute Gasteiger partial charge is 0.164 e. The van der Waals surface area contributed by atoms with Gasteiger partial charge in [0.05, 0.1) is 0 Å². The summed E-state index contributed by atoms with van der Waals surface area (Å²) in [4.78, 5) is 38.9. The van der Waals surface area contributed by atoms with Gasteiger partial charge in [0, 0.05) is 43.8 Å². The minimum atomic E-state index is 0.605. The van der Waals surface area contributed by atoms with Gasteiger partial charge >= 0.3 is 0 Å². The molecule has 11 rings (SSSR count). The van der Waals surface area contributed by atoms with E-state index in [1.54, 1.807) is 0 Å². The lowest BCUT2D eigenvalue weighted by molar-refractivity contribution is 1.19. The lowest BCUT2D eigenvalue weighted by Crippen LogP contribution is -1.89. The number of nitrogens with zero attached hydrogens (tertiary/aromatic N) is 6. The Morgan fingerprint density at radius 3 is 0.911 bits per heavy atom. The summed E-state index contributed by atoms with van der Waals surface area (Å²) in [5, 5.41) is 8.77. The monoisotopic (exact) mass is 726 g/mol. The molecule has 0 radical (unpaired) electrons. The van der Waals surface area contributed by atoms with E-state index in [1.807, 2.05) is 0 Å². The molecule has 8 bridgehead atoms. The van der Waals surface area contributed by atoms with Crippen LogP contribution in [0, 0.1) is 55.4 Å². The minimum Gasteiger partial charge on any atom is -0.324 e. The van der Waals surface area contributed by atoms with E-state index in [1.165, 1.54) is 66.1 Å². The highest BCUT2D eigenvalue weighted by molar-refractivity contribution is 6.16. The number of aromatic amines is 2. The molecular formula is C48H38N8. The zero-order valence-electron chi connectivity index (χ0n) is 32.6. The first-order valence-electron chi connectivity index (χ1n) is 19.1. The maximum atomic E-state index is 5.36. The number of hydrogen-bond donors (Lipinski definition) is 2. The second kappa shape index (κ2) is 11.4. The summed E-state index contributed by atoms with van der Waals surface area (Å²) in [6.07, 6.45) is 0. The Balaban J connectivity index is 1.36. The van der Waals surface area contributed by atoms with Gasteiger partial charge in [0.15, 0.2) is 23.3 Å². The quantitative estimate of drug-likeness (QED) is 0.151. The third kappa shape index (κ3) is 4.59. The molecule has 0 saturated heterocycles. The predicted molar refractivity (Wildman–Crippen MR) is 229 cm³/mol. The molecule has 0 amide bonds. The normalized spacial score (nSPS) is 12.3. The fourth-order valence-electron chi connectivity index (χ4n) is 8.67. The van der Waals surface area contributed by atoms with Crippen molar-refractivity contribution in [1.82, 2.24) is 39.9 Å². The average molecular weight is 727 g/mol. The van der Waals surface area contributed by atoms with Gasteiger partial charge in [-0.3, -0.25) is 0 Å². The number of benzene rings is 6. The van der Waals surface area contributed by atoms with Gasteiger partial charge in [-0.1, -0.05) is 24.3 Å². The number of H-pyrrole nitrogens is 2. The van der Waals surface area contributed by atoms with E-state index in [2.05, 4.69) is 138 Å². The molecule has 0 aliphatic carbocycles. The lowest BCUT2D eigenvalue weighted by Gasteiger charge is -2.12. The number of nitrogens with one attached hydrogen (secondary N) is 2. The average Bonchev–Trinajstić information content (AvgIpc) is 3.89. The second-order valence-electron chi connectivity index (χ2n) is 15.8. The Bertz CT molecular complexity index is 3230. The summed E-state index contributed by atoms with van der Waals surface area (Å²) in [7, 11) is 0. The van der Waals surface area contributed by atoms with Crippen molar-refractivity contribution in [3.05, 3.63) is 117 Å². The molecule has 2 aliphatic rings. The van der Waals surface area contributed by atoms with Crippen molar-refractivity contribution < 1.29 is 0 Å². The molecule has 9 aromatic rings. The van der Waals surface area contributed by atoms with Crippen LogP contribution >= 0.6 is 0 Å². The van der Waals surface area contributed by atoms with Gasteiger partial charge in [-0.15, -0.1) is 0 Å². The van der Waals surface area contributed by atoms with E-state index in [-0.39, 0.29) is 0 Å². The lowest BCUT2D eigenvalue weighted by atomic mass is 9.92. The molecule has 0 atom stereocenters. The summed E-state index contributed by atoms with van der Waals surface area (Å²) < 4.78 is 0. The molecule has 2 aliphatic heterocycles. The second-order valence-corrected chi connectivity index (χ2v) is 15.8. The van der Waals surface area contributed by atoms with Crippen molar-refractivity contribution in [2.24, 2.45) is 0 Å². The van der Waals surface area contributed by atoms with Crippen LogP contribution in [0.3, 0.4) is 0 Å². The number of fused-ring (bicyclic) bond motifs is 22. The van der Waals surface area contributed by atoms with Crippen molar-refractivity contribution >= 4 is 65.7 Å². The molecule has 0 saturated carbocycles. The summed E-state index contributed by atoms with van der Waals surface area (Å²) in [5.74, 6) is 2.43. The van der Waals surface area contributed by atoms with Gasteiger partial charge in [-0.05, 0) is 170 Å². The van der Waals surface area contributed by atoms with Crippen LogP contribution < -0.4 is 0 Å². The van der Waals surface area contributed by atoms with Crippen molar-refractivity contribution in [2.45, 2.75) is 55.4 Å². The fraction of sp³-hybridized carbons (Fsp3) is 0.167. The first kappa shape index (κ1) is 32.6. The van der Waals surface area contributed by atoms with Crippen molar-refractivity contribution in [3.8, 4) is 45.6 Å². The van der Waals surface area contributed by atoms with Crippen LogP contribution in [0.25, 0.3) is 111 Å². The zero-order chi connectivity index (χ0) is 38.3. The number of aryl methyl sites for hydroxylation is 8. The number of rotatable bonds is 0. The van der Waals surface area contributed by atoms with E-state index >= 15 is 0 Å². The summed E-state index contributed by atoms with van der Waals surface area (Å²) >= 11 is 0. The maximum Gasteiger partial charge on any atom is 0.164 e. The first-order chi connectivity index (χ1) is 27.0. The number of hydrogen-bond acceptors (Lipinski definition) is 6. The third-order valence-corrected chi connectivity index (χ3v) is 12.4. The van der Waals surface area contributed by atoms with Crippen LogP contribution in [0.4, 0.5) is 0 Å². The van der Waals surface area contributed by atoms with Crippen LogP contribution in [0.5, 0.6) is 0 Å². The van der Waals surface area contributed by atoms with Crippen LogP contribution in [0.2, 0.25) is 0 Å².